The highest BCUT2D eigenvalue weighted by Crippen LogP contribution is 2.34. The van der Waals surface area contributed by atoms with Crippen molar-refractivity contribution in [1.29, 1.82) is 0 Å². The molecule has 0 aliphatic rings. The molecule has 20 heavy (non-hydrogen) atoms. The van der Waals surface area contributed by atoms with Gasteiger partial charge in [-0.1, -0.05) is 0 Å². The van der Waals surface area contributed by atoms with Crippen LogP contribution in [-0.2, 0) is 0 Å². The van der Waals surface area contributed by atoms with E-state index < -0.39 is 45.8 Å². The van der Waals surface area contributed by atoms with E-state index in [-0.39, 0.29) is 6.07 Å². The third-order valence-corrected chi connectivity index (χ3v) is 2.02. The Morgan fingerprint density at radius 1 is 1.45 bits per heavy atom. The third kappa shape index (κ3) is 3.73. The number of alkyl halides is 5. The van der Waals surface area contributed by atoms with Gasteiger partial charge in [0.2, 0.25) is 0 Å². The molecular weight excluding hydrogens is 319 g/mol. The summed E-state index contributed by atoms with van der Waals surface area (Å²) in [6.45, 7) is 0. The molecular formula is C8H2ClF5N2O4. The number of nitro groups is 1. The largest absolute Gasteiger partial charge is 0.575 e. The van der Waals surface area contributed by atoms with Gasteiger partial charge in [-0.05, 0) is 16.5 Å². The van der Waals surface area contributed by atoms with Crippen molar-refractivity contribution >= 4 is 22.7 Å². The van der Waals surface area contributed by atoms with E-state index in [2.05, 4.69) is 9.72 Å². The smallest absolute Gasteiger partial charge is 0.366 e. The fraction of sp³-hybridized carbons (Fsp3) is 0.250. The van der Waals surface area contributed by atoms with Gasteiger partial charge in [0.05, 0.1) is 0 Å². The van der Waals surface area contributed by atoms with Crippen molar-refractivity contribution in [3.8, 4) is 5.88 Å². The lowest BCUT2D eigenvalue weighted by Gasteiger charge is -2.09. The highest BCUT2D eigenvalue weighted by atomic mass is 35.5. The van der Waals surface area contributed by atoms with Gasteiger partial charge in [-0.25, -0.2) is 8.78 Å². The number of halogens is 6. The first kappa shape index (κ1) is 16.0. The Balaban J connectivity index is 3.54. The molecule has 0 aliphatic heterocycles. The van der Waals surface area contributed by atoms with Crippen LogP contribution in [0.4, 0.5) is 27.8 Å². The van der Waals surface area contributed by atoms with Crippen molar-refractivity contribution in [2.24, 2.45) is 0 Å². The monoisotopic (exact) mass is 320 g/mol. The number of ether oxygens (including phenoxy) is 1. The first-order valence-electron chi connectivity index (χ1n) is 4.46. The van der Waals surface area contributed by atoms with Crippen LogP contribution in [0.2, 0.25) is 0 Å². The predicted octanol–water partition coefficient (Wildman–Crippen LogP) is 3.21. The van der Waals surface area contributed by atoms with Crippen molar-refractivity contribution in [3.63, 3.8) is 0 Å². The zero-order valence-corrected chi connectivity index (χ0v) is 9.71. The topological polar surface area (TPSA) is 82.3 Å². The van der Waals surface area contributed by atoms with Gasteiger partial charge >= 0.3 is 18.1 Å². The maximum atomic E-state index is 12.6. The van der Waals surface area contributed by atoms with Crippen LogP contribution >= 0.6 is 11.6 Å². The average Bonchev–Trinajstić information content (AvgIpc) is 2.24. The fourth-order valence-corrected chi connectivity index (χ4v) is 1.40. The summed E-state index contributed by atoms with van der Waals surface area (Å²) in [5, 5.41) is 8.91. The Kier molecular flexibility index (Phi) is 4.43. The van der Waals surface area contributed by atoms with Crippen molar-refractivity contribution in [1.82, 2.24) is 4.98 Å². The van der Waals surface area contributed by atoms with Gasteiger partial charge in [0.1, 0.15) is 5.56 Å². The number of aromatic nitrogens is 1. The number of hydrogen-bond donors (Lipinski definition) is 0. The molecule has 12 heteroatoms. The Hall–Kier alpha value is -2.04. The quantitative estimate of drug-likeness (QED) is 0.368. The second kappa shape index (κ2) is 5.53. The van der Waals surface area contributed by atoms with Crippen LogP contribution in [0.5, 0.6) is 5.88 Å². The van der Waals surface area contributed by atoms with E-state index in [9.17, 15) is 36.9 Å². The highest BCUT2D eigenvalue weighted by Gasteiger charge is 2.37. The van der Waals surface area contributed by atoms with Gasteiger partial charge in [-0.3, -0.25) is 4.79 Å². The number of rotatable bonds is 4. The van der Waals surface area contributed by atoms with Crippen molar-refractivity contribution < 1.29 is 36.4 Å². The van der Waals surface area contributed by atoms with Gasteiger partial charge in [-0.15, -0.1) is 13.2 Å². The van der Waals surface area contributed by atoms with E-state index in [1.54, 1.807) is 0 Å². The minimum Gasteiger partial charge on any atom is -0.366 e. The molecule has 0 saturated carbocycles. The molecule has 0 saturated heterocycles. The number of carbonyl (C=O) groups excluding carboxylic acids is 1. The van der Waals surface area contributed by atoms with Gasteiger partial charge in [0, 0.05) is 16.6 Å². The molecule has 1 rings (SSSR count). The van der Waals surface area contributed by atoms with Crippen LogP contribution in [0.15, 0.2) is 6.07 Å². The molecule has 0 fully saturated rings. The number of nitrogens with zero attached hydrogens (tertiary/aromatic N) is 2. The maximum absolute atomic E-state index is 12.6. The Morgan fingerprint density at radius 2 is 2.00 bits per heavy atom. The third-order valence-electron chi connectivity index (χ3n) is 1.83. The Labute approximate surface area is 111 Å². The number of pyridine rings is 1. The lowest BCUT2D eigenvalue weighted by Crippen LogP contribution is -2.19. The zero-order valence-electron chi connectivity index (χ0n) is 8.95. The fourth-order valence-electron chi connectivity index (χ4n) is 1.20. The van der Waals surface area contributed by atoms with Crippen molar-refractivity contribution in [2.75, 3.05) is 0 Å². The molecule has 0 aliphatic carbocycles. The lowest BCUT2D eigenvalue weighted by atomic mass is 10.1. The van der Waals surface area contributed by atoms with Gasteiger partial charge < -0.3 is 14.9 Å². The lowest BCUT2D eigenvalue weighted by molar-refractivity contribution is -0.390. The van der Waals surface area contributed by atoms with Gasteiger partial charge in [0.15, 0.2) is 0 Å². The van der Waals surface area contributed by atoms with Crippen LogP contribution in [0.1, 0.15) is 22.3 Å². The zero-order chi connectivity index (χ0) is 15.7. The summed E-state index contributed by atoms with van der Waals surface area (Å²) in [5.74, 6) is -3.05. The minimum atomic E-state index is -5.30. The number of carbonyl (C=O) groups is 1. The first-order valence-corrected chi connectivity index (χ1v) is 4.83. The summed E-state index contributed by atoms with van der Waals surface area (Å²) in [4.78, 5) is 22.8. The minimum absolute atomic E-state index is 0.0563. The summed E-state index contributed by atoms with van der Waals surface area (Å²) in [5.41, 5.74) is -2.67. The molecule has 1 aromatic rings. The molecule has 110 valence electrons. The summed E-state index contributed by atoms with van der Waals surface area (Å²) in [6, 6.07) is 0.0563. The van der Waals surface area contributed by atoms with E-state index in [0.717, 1.165) is 0 Å². The van der Waals surface area contributed by atoms with E-state index in [1.807, 2.05) is 0 Å². The van der Waals surface area contributed by atoms with Crippen molar-refractivity contribution in [3.05, 3.63) is 27.3 Å². The number of hydrogen-bond acceptors (Lipinski definition) is 5. The second-order valence-electron chi connectivity index (χ2n) is 3.13. The molecule has 0 aromatic carbocycles. The van der Waals surface area contributed by atoms with E-state index in [1.165, 1.54) is 0 Å². The summed E-state index contributed by atoms with van der Waals surface area (Å²) in [6.07, 6.45) is -8.79. The van der Waals surface area contributed by atoms with Crippen LogP contribution in [0.3, 0.4) is 0 Å². The molecule has 0 atom stereocenters. The molecule has 0 unspecified atom stereocenters. The second-order valence-corrected chi connectivity index (χ2v) is 3.47. The molecule has 6 nitrogen and oxygen atoms in total. The summed E-state index contributed by atoms with van der Waals surface area (Å²) >= 11 is 4.91. The summed E-state index contributed by atoms with van der Waals surface area (Å²) in [7, 11) is 0. The standard InChI is InChI=1S/C8H2ClF5N2O4/c9-5(17)4-2(6(10)11)1-3(20-8(12,13)14)15-7(4)16(18)19/h1,6H. The van der Waals surface area contributed by atoms with E-state index >= 15 is 0 Å². The van der Waals surface area contributed by atoms with E-state index in [0.29, 0.717) is 0 Å². The molecule has 1 heterocycles. The maximum Gasteiger partial charge on any atom is 0.575 e. The molecule has 1 aromatic heterocycles. The van der Waals surface area contributed by atoms with Gasteiger partial charge in [-0.2, -0.15) is 0 Å². The molecule has 0 bridgehead atoms. The molecule has 0 N–H and O–H groups in total. The average molecular weight is 321 g/mol. The molecule has 0 radical (unpaired) electrons. The predicted molar refractivity (Wildman–Crippen MR) is 52.7 cm³/mol. The van der Waals surface area contributed by atoms with Crippen LogP contribution in [-0.4, -0.2) is 21.5 Å². The highest BCUT2D eigenvalue weighted by molar-refractivity contribution is 6.68. The molecule has 0 amide bonds. The normalized spacial score (nSPS) is 11.6. The van der Waals surface area contributed by atoms with Crippen molar-refractivity contribution in [2.45, 2.75) is 12.8 Å². The van der Waals surface area contributed by atoms with Crippen LogP contribution in [0.25, 0.3) is 0 Å². The Bertz CT molecular complexity index is 563. The Morgan fingerprint density at radius 3 is 2.35 bits per heavy atom. The van der Waals surface area contributed by atoms with Gasteiger partial charge in [0.25, 0.3) is 11.7 Å². The molecule has 0 spiro atoms. The SMILES string of the molecule is O=C(Cl)c1c(C(F)F)cc(OC(F)(F)F)nc1[N+](=O)[O-]. The van der Waals surface area contributed by atoms with Crippen LogP contribution < -0.4 is 4.74 Å². The summed E-state index contributed by atoms with van der Waals surface area (Å²) < 4.78 is 64.4. The van der Waals surface area contributed by atoms with Crippen LogP contribution in [0, 0.1) is 10.1 Å². The van der Waals surface area contributed by atoms with E-state index in [4.69, 9.17) is 11.6 Å². The first-order chi connectivity index (χ1) is 9.03.